The van der Waals surface area contributed by atoms with Crippen LogP contribution in [0.2, 0.25) is 0 Å². The van der Waals surface area contributed by atoms with Gasteiger partial charge in [0.25, 0.3) is 0 Å². The van der Waals surface area contributed by atoms with Gasteiger partial charge in [0.15, 0.2) is 0 Å². The third-order valence-electron chi connectivity index (χ3n) is 3.14. The second kappa shape index (κ2) is 6.87. The average molecular weight is 293 g/mol. The van der Waals surface area contributed by atoms with Crippen molar-refractivity contribution in [3.05, 3.63) is 12.4 Å². The lowest BCUT2D eigenvalue weighted by atomic mass is 10.3. The van der Waals surface area contributed by atoms with E-state index >= 15 is 0 Å². The molecule has 1 aliphatic heterocycles. The second-order valence-electron chi connectivity index (χ2n) is 4.89. The summed E-state index contributed by atoms with van der Waals surface area (Å²) in [7, 11) is 1.49. The lowest BCUT2D eigenvalue weighted by molar-refractivity contribution is -0.127. The molecule has 3 amide bonds. The third-order valence-corrected chi connectivity index (χ3v) is 3.14. The monoisotopic (exact) mass is 293 g/mol. The fraction of sp³-hybridized carbons (Fsp3) is 0.538. The van der Waals surface area contributed by atoms with Gasteiger partial charge in [0.2, 0.25) is 11.8 Å². The van der Waals surface area contributed by atoms with Gasteiger partial charge < -0.3 is 15.0 Å². The predicted molar refractivity (Wildman–Crippen MR) is 76.0 cm³/mol. The Balaban J connectivity index is 1.81. The molecule has 0 spiro atoms. The first kappa shape index (κ1) is 15.0. The number of carbonyl (C=O) groups is 2. The molecule has 0 radical (unpaired) electrons. The van der Waals surface area contributed by atoms with Crippen LogP contribution in [0.3, 0.4) is 0 Å². The van der Waals surface area contributed by atoms with Crippen molar-refractivity contribution in [2.75, 3.05) is 25.5 Å². The van der Waals surface area contributed by atoms with Gasteiger partial charge >= 0.3 is 6.03 Å². The summed E-state index contributed by atoms with van der Waals surface area (Å²) in [6.07, 6.45) is 2.79. The normalized spacial score (nSPS) is 15.7. The minimum atomic E-state index is -0.380. The number of hydrogen-bond donors (Lipinski definition) is 2. The molecule has 0 aromatic carbocycles. The summed E-state index contributed by atoms with van der Waals surface area (Å²) in [6.45, 7) is 3.13. The molecule has 1 atom stereocenters. The van der Waals surface area contributed by atoms with Crippen molar-refractivity contribution in [1.82, 2.24) is 20.2 Å². The largest absolute Gasteiger partial charge is 0.481 e. The van der Waals surface area contributed by atoms with Crippen LogP contribution in [-0.4, -0.2) is 53.0 Å². The van der Waals surface area contributed by atoms with Crippen LogP contribution in [0.25, 0.3) is 0 Å². The fourth-order valence-corrected chi connectivity index (χ4v) is 2.17. The van der Waals surface area contributed by atoms with Crippen molar-refractivity contribution in [2.24, 2.45) is 0 Å². The molecule has 114 valence electrons. The van der Waals surface area contributed by atoms with Gasteiger partial charge in [-0.2, -0.15) is 0 Å². The Morgan fingerprint density at radius 3 is 3.00 bits per heavy atom. The molecule has 0 bridgehead atoms. The summed E-state index contributed by atoms with van der Waals surface area (Å²) in [5.74, 6) is 0.865. The van der Waals surface area contributed by atoms with Gasteiger partial charge in [-0.1, -0.05) is 0 Å². The number of nitrogens with one attached hydrogen (secondary N) is 2. The lowest BCUT2D eigenvalue weighted by Gasteiger charge is -2.21. The van der Waals surface area contributed by atoms with Crippen molar-refractivity contribution < 1.29 is 14.3 Å². The summed E-state index contributed by atoms with van der Waals surface area (Å²) in [5.41, 5.74) is 0. The molecule has 8 heteroatoms. The number of aromatic nitrogens is 2. The Kier molecular flexibility index (Phi) is 4.91. The van der Waals surface area contributed by atoms with E-state index < -0.39 is 0 Å². The molecule has 2 rings (SSSR count). The summed E-state index contributed by atoms with van der Waals surface area (Å²) in [5, 5.41) is 5.37. The van der Waals surface area contributed by atoms with Gasteiger partial charge in [-0.05, 0) is 13.3 Å². The third kappa shape index (κ3) is 4.30. The maximum absolute atomic E-state index is 11.9. The molecule has 2 heterocycles. The first-order chi connectivity index (χ1) is 10.1. The van der Waals surface area contributed by atoms with Crippen LogP contribution in [0.15, 0.2) is 12.4 Å². The lowest BCUT2D eigenvalue weighted by Crippen LogP contribution is -2.44. The Labute approximate surface area is 122 Å². The number of ether oxygens (including phenoxy) is 1. The topological polar surface area (TPSA) is 96.5 Å². The van der Waals surface area contributed by atoms with Gasteiger partial charge in [-0.3, -0.25) is 10.1 Å². The average Bonchev–Trinajstić information content (AvgIpc) is 2.84. The molecule has 1 aromatic rings. The molecule has 1 fully saturated rings. The number of urea groups is 1. The van der Waals surface area contributed by atoms with Gasteiger partial charge in [-0.15, -0.1) is 0 Å². The molecule has 0 saturated carbocycles. The van der Waals surface area contributed by atoms with E-state index in [0.717, 1.165) is 13.0 Å². The zero-order valence-corrected chi connectivity index (χ0v) is 12.1. The number of nitrogens with zero attached hydrogens (tertiary/aromatic N) is 3. The van der Waals surface area contributed by atoms with Crippen LogP contribution in [0, 0.1) is 0 Å². The number of carbonyl (C=O) groups excluding carboxylic acids is 2. The quantitative estimate of drug-likeness (QED) is 0.829. The van der Waals surface area contributed by atoms with E-state index in [-0.39, 0.29) is 18.0 Å². The highest BCUT2D eigenvalue weighted by Crippen LogP contribution is 2.11. The van der Waals surface area contributed by atoms with Crippen molar-refractivity contribution in [3.8, 4) is 5.88 Å². The molecule has 2 N–H and O–H groups in total. The molecule has 1 aromatic heterocycles. The number of methoxy groups -OCH3 is 1. The Morgan fingerprint density at radius 2 is 2.33 bits per heavy atom. The van der Waals surface area contributed by atoms with Crippen LogP contribution < -0.4 is 15.4 Å². The van der Waals surface area contributed by atoms with Gasteiger partial charge in [0.1, 0.15) is 12.1 Å². The number of rotatable bonds is 5. The maximum Gasteiger partial charge on any atom is 0.320 e. The minimum Gasteiger partial charge on any atom is -0.481 e. The summed E-state index contributed by atoms with van der Waals surface area (Å²) >= 11 is 0. The van der Waals surface area contributed by atoms with Crippen LogP contribution in [0.5, 0.6) is 5.88 Å². The zero-order valence-electron chi connectivity index (χ0n) is 12.1. The van der Waals surface area contributed by atoms with Crippen molar-refractivity contribution in [3.63, 3.8) is 0 Å². The number of amides is 3. The standard InChI is InChI=1S/C13H19N5O3/c1-9(7-18-5-3-4-12(18)19)16-13(20)17-10-6-11(21-2)15-8-14-10/h6,8-9H,3-5,7H2,1-2H3,(H2,14,15,16,17,20). The molecule has 21 heavy (non-hydrogen) atoms. The highest BCUT2D eigenvalue weighted by Gasteiger charge is 2.22. The number of likely N-dealkylation sites (tertiary alicyclic amines) is 1. The molecule has 8 nitrogen and oxygen atoms in total. The van der Waals surface area contributed by atoms with E-state index in [2.05, 4.69) is 20.6 Å². The van der Waals surface area contributed by atoms with Gasteiger partial charge in [-0.25, -0.2) is 14.8 Å². The minimum absolute atomic E-state index is 0.143. The van der Waals surface area contributed by atoms with Gasteiger partial charge in [0.05, 0.1) is 7.11 Å². The van der Waals surface area contributed by atoms with E-state index in [1.54, 1.807) is 4.90 Å². The Morgan fingerprint density at radius 1 is 1.52 bits per heavy atom. The van der Waals surface area contributed by atoms with E-state index in [1.807, 2.05) is 6.92 Å². The van der Waals surface area contributed by atoms with Crippen LogP contribution in [-0.2, 0) is 4.79 Å². The summed E-state index contributed by atoms with van der Waals surface area (Å²) < 4.78 is 4.95. The smallest absolute Gasteiger partial charge is 0.320 e. The van der Waals surface area contributed by atoms with Crippen molar-refractivity contribution in [1.29, 1.82) is 0 Å². The Bertz CT molecular complexity index is 522. The summed E-state index contributed by atoms with van der Waals surface area (Å²) in [4.78, 5) is 32.9. The Hall–Kier alpha value is -2.38. The van der Waals surface area contributed by atoms with Crippen molar-refractivity contribution in [2.45, 2.75) is 25.8 Å². The van der Waals surface area contributed by atoms with E-state index in [9.17, 15) is 9.59 Å². The fourth-order valence-electron chi connectivity index (χ4n) is 2.17. The molecule has 1 aliphatic rings. The SMILES string of the molecule is COc1cc(NC(=O)NC(C)CN2CCCC2=O)ncn1. The molecule has 1 unspecified atom stereocenters. The molecular weight excluding hydrogens is 274 g/mol. The van der Waals surface area contributed by atoms with Crippen LogP contribution in [0.4, 0.5) is 10.6 Å². The van der Waals surface area contributed by atoms with Gasteiger partial charge in [0, 0.05) is 31.6 Å². The first-order valence-electron chi connectivity index (χ1n) is 6.80. The number of hydrogen-bond acceptors (Lipinski definition) is 5. The summed E-state index contributed by atoms with van der Waals surface area (Å²) in [6, 6.07) is 1.000. The van der Waals surface area contributed by atoms with Crippen LogP contribution in [0.1, 0.15) is 19.8 Å². The molecule has 0 aliphatic carbocycles. The maximum atomic E-state index is 11.9. The zero-order chi connectivity index (χ0) is 15.2. The predicted octanol–water partition coefficient (Wildman–Crippen LogP) is 0.618. The second-order valence-corrected chi connectivity index (χ2v) is 4.89. The molecular formula is C13H19N5O3. The van der Waals surface area contributed by atoms with E-state index in [4.69, 9.17) is 4.74 Å². The first-order valence-corrected chi connectivity index (χ1v) is 6.80. The van der Waals surface area contributed by atoms with Crippen LogP contribution >= 0.6 is 0 Å². The highest BCUT2D eigenvalue weighted by molar-refractivity contribution is 5.88. The van der Waals surface area contributed by atoms with E-state index in [1.165, 1.54) is 19.5 Å². The highest BCUT2D eigenvalue weighted by atomic mass is 16.5. The van der Waals surface area contributed by atoms with E-state index in [0.29, 0.717) is 24.7 Å². The van der Waals surface area contributed by atoms with Crippen molar-refractivity contribution >= 4 is 17.8 Å². The molecule has 1 saturated heterocycles. The number of anilines is 1.